The summed E-state index contributed by atoms with van der Waals surface area (Å²) in [7, 11) is 0. The van der Waals surface area contributed by atoms with E-state index in [-0.39, 0.29) is 17.5 Å². The van der Waals surface area contributed by atoms with Crippen LogP contribution in [0.5, 0.6) is 0 Å². The summed E-state index contributed by atoms with van der Waals surface area (Å²) < 4.78 is 0. The van der Waals surface area contributed by atoms with Gasteiger partial charge in [0.1, 0.15) is 0 Å². The highest BCUT2D eigenvalue weighted by atomic mass is 16.2. The highest BCUT2D eigenvalue weighted by Gasteiger charge is 2.25. The summed E-state index contributed by atoms with van der Waals surface area (Å²) in [4.78, 5) is 11.3. The Hall–Kier alpha value is -1.51. The van der Waals surface area contributed by atoms with Gasteiger partial charge >= 0.3 is 6.03 Å². The number of aryl methyl sites for hydroxylation is 2. The molecule has 0 saturated carbocycles. The number of hydrogen-bond donors (Lipinski definition) is 2. The molecule has 1 heterocycles. The predicted molar refractivity (Wildman–Crippen MR) is 73.9 cm³/mol. The lowest BCUT2D eigenvalue weighted by Gasteiger charge is -2.24. The molecule has 1 aliphatic rings. The van der Waals surface area contributed by atoms with Crippen LogP contribution in [0.4, 0.5) is 4.79 Å². The second-order valence-corrected chi connectivity index (χ2v) is 6.18. The average molecular weight is 246 g/mol. The molecule has 98 valence electrons. The van der Waals surface area contributed by atoms with Crippen molar-refractivity contribution < 1.29 is 4.79 Å². The van der Waals surface area contributed by atoms with Crippen LogP contribution in [-0.4, -0.2) is 12.6 Å². The first-order valence-electron chi connectivity index (χ1n) is 6.45. The SMILES string of the molecule is Cc1cc(C(C)(C)C)cc(C)c1C1CNC(=O)N1. The van der Waals surface area contributed by atoms with Crippen LogP contribution >= 0.6 is 0 Å². The molecular formula is C15H22N2O. The molecule has 2 rings (SSSR count). The fourth-order valence-corrected chi connectivity index (χ4v) is 2.59. The zero-order chi connectivity index (χ0) is 13.5. The Labute approximate surface area is 109 Å². The van der Waals surface area contributed by atoms with E-state index >= 15 is 0 Å². The van der Waals surface area contributed by atoms with Gasteiger partial charge in [-0.25, -0.2) is 4.79 Å². The summed E-state index contributed by atoms with van der Waals surface area (Å²) >= 11 is 0. The van der Waals surface area contributed by atoms with Gasteiger partial charge in [-0.3, -0.25) is 0 Å². The molecule has 1 saturated heterocycles. The Bertz CT molecular complexity index is 463. The first kappa shape index (κ1) is 12.9. The zero-order valence-corrected chi connectivity index (χ0v) is 11.8. The van der Waals surface area contributed by atoms with Crippen LogP contribution in [-0.2, 0) is 5.41 Å². The van der Waals surface area contributed by atoms with E-state index in [0.29, 0.717) is 6.54 Å². The van der Waals surface area contributed by atoms with E-state index in [1.807, 2.05) is 0 Å². The van der Waals surface area contributed by atoms with Crippen LogP contribution in [0.15, 0.2) is 12.1 Å². The van der Waals surface area contributed by atoms with Gasteiger partial charge in [-0.15, -0.1) is 0 Å². The molecule has 2 N–H and O–H groups in total. The number of urea groups is 1. The van der Waals surface area contributed by atoms with E-state index in [2.05, 4.69) is 57.4 Å². The molecule has 0 bridgehead atoms. The van der Waals surface area contributed by atoms with E-state index < -0.39 is 0 Å². The van der Waals surface area contributed by atoms with Crippen LogP contribution < -0.4 is 10.6 Å². The highest BCUT2D eigenvalue weighted by molar-refractivity contribution is 5.77. The van der Waals surface area contributed by atoms with Gasteiger partial charge in [0.25, 0.3) is 0 Å². The van der Waals surface area contributed by atoms with E-state index in [1.54, 1.807) is 0 Å². The fraction of sp³-hybridized carbons (Fsp3) is 0.533. The van der Waals surface area contributed by atoms with Crippen molar-refractivity contribution in [1.29, 1.82) is 0 Å². The second-order valence-electron chi connectivity index (χ2n) is 6.18. The van der Waals surface area contributed by atoms with Crippen molar-refractivity contribution in [2.45, 2.75) is 46.1 Å². The quantitative estimate of drug-likeness (QED) is 0.786. The standard InChI is InChI=1S/C15H22N2O/c1-9-6-11(15(3,4)5)7-10(2)13(9)12-8-16-14(18)17-12/h6-7,12H,8H2,1-5H3,(H2,16,17,18). The van der Waals surface area contributed by atoms with Gasteiger partial charge in [0.15, 0.2) is 0 Å². The van der Waals surface area contributed by atoms with Crippen molar-refractivity contribution in [3.8, 4) is 0 Å². The topological polar surface area (TPSA) is 41.1 Å². The Morgan fingerprint density at radius 2 is 1.72 bits per heavy atom. The highest BCUT2D eigenvalue weighted by Crippen LogP contribution is 2.30. The number of rotatable bonds is 1. The summed E-state index contributed by atoms with van der Waals surface area (Å²) in [5.74, 6) is 0. The molecular weight excluding hydrogens is 224 g/mol. The molecule has 1 aliphatic heterocycles. The second kappa shape index (κ2) is 4.30. The monoisotopic (exact) mass is 246 g/mol. The lowest BCUT2D eigenvalue weighted by molar-refractivity contribution is 0.247. The van der Waals surface area contributed by atoms with Crippen LogP contribution in [0.1, 0.15) is 49.1 Å². The van der Waals surface area contributed by atoms with E-state index in [4.69, 9.17) is 0 Å². The molecule has 0 radical (unpaired) electrons. The van der Waals surface area contributed by atoms with E-state index in [0.717, 1.165) is 0 Å². The summed E-state index contributed by atoms with van der Waals surface area (Å²) in [6, 6.07) is 4.52. The van der Waals surface area contributed by atoms with Gasteiger partial charge in [0.2, 0.25) is 0 Å². The summed E-state index contributed by atoms with van der Waals surface area (Å²) in [6.45, 7) is 11.6. The number of nitrogens with one attached hydrogen (secondary N) is 2. The summed E-state index contributed by atoms with van der Waals surface area (Å²) in [5, 5.41) is 5.78. The molecule has 1 aromatic rings. The van der Waals surface area contributed by atoms with Gasteiger partial charge < -0.3 is 10.6 Å². The number of carbonyl (C=O) groups is 1. The van der Waals surface area contributed by atoms with Gasteiger partial charge in [0, 0.05) is 6.54 Å². The van der Waals surface area contributed by atoms with Crippen molar-refractivity contribution in [3.63, 3.8) is 0 Å². The summed E-state index contributed by atoms with van der Waals surface area (Å²) in [5.41, 5.74) is 5.27. The minimum atomic E-state index is -0.0707. The largest absolute Gasteiger partial charge is 0.336 e. The van der Waals surface area contributed by atoms with Crippen molar-refractivity contribution in [3.05, 3.63) is 34.4 Å². The van der Waals surface area contributed by atoms with Gasteiger partial charge in [0.05, 0.1) is 6.04 Å². The number of carbonyl (C=O) groups excluding carboxylic acids is 1. The molecule has 1 fully saturated rings. The van der Waals surface area contributed by atoms with Gasteiger partial charge in [-0.05, 0) is 41.5 Å². The lowest BCUT2D eigenvalue weighted by Crippen LogP contribution is -2.23. The lowest BCUT2D eigenvalue weighted by atomic mass is 9.83. The van der Waals surface area contributed by atoms with Crippen molar-refractivity contribution in [1.82, 2.24) is 10.6 Å². The van der Waals surface area contributed by atoms with E-state index in [1.165, 1.54) is 22.3 Å². The minimum Gasteiger partial charge on any atom is -0.336 e. The molecule has 1 aromatic carbocycles. The first-order chi connectivity index (χ1) is 8.29. The normalized spacial score (nSPS) is 19.6. The molecule has 3 heteroatoms. The van der Waals surface area contributed by atoms with Gasteiger partial charge in [-0.2, -0.15) is 0 Å². The smallest absolute Gasteiger partial charge is 0.315 e. The zero-order valence-electron chi connectivity index (χ0n) is 11.8. The molecule has 0 aromatic heterocycles. The number of amides is 2. The third kappa shape index (κ3) is 2.35. The van der Waals surface area contributed by atoms with E-state index in [9.17, 15) is 4.79 Å². The third-order valence-corrected chi connectivity index (χ3v) is 3.58. The number of benzene rings is 1. The average Bonchev–Trinajstić information content (AvgIpc) is 2.62. The Morgan fingerprint density at radius 3 is 2.11 bits per heavy atom. The van der Waals surface area contributed by atoms with Crippen LogP contribution in [0.25, 0.3) is 0 Å². The maximum absolute atomic E-state index is 11.3. The maximum atomic E-state index is 11.3. The molecule has 0 spiro atoms. The van der Waals surface area contributed by atoms with Crippen molar-refractivity contribution >= 4 is 6.03 Å². The van der Waals surface area contributed by atoms with Gasteiger partial charge in [-0.1, -0.05) is 32.9 Å². The molecule has 2 amide bonds. The Balaban J connectivity index is 2.41. The molecule has 1 unspecified atom stereocenters. The maximum Gasteiger partial charge on any atom is 0.315 e. The molecule has 1 atom stereocenters. The van der Waals surface area contributed by atoms with Crippen molar-refractivity contribution in [2.24, 2.45) is 0 Å². The third-order valence-electron chi connectivity index (χ3n) is 3.58. The first-order valence-corrected chi connectivity index (χ1v) is 6.45. The molecule has 18 heavy (non-hydrogen) atoms. The van der Waals surface area contributed by atoms with Crippen LogP contribution in [0.2, 0.25) is 0 Å². The Morgan fingerprint density at radius 1 is 1.17 bits per heavy atom. The number of hydrogen-bond acceptors (Lipinski definition) is 1. The Kier molecular flexibility index (Phi) is 3.09. The van der Waals surface area contributed by atoms with Crippen molar-refractivity contribution in [2.75, 3.05) is 6.54 Å². The van der Waals surface area contributed by atoms with Crippen LogP contribution in [0, 0.1) is 13.8 Å². The summed E-state index contributed by atoms with van der Waals surface area (Å²) in [6.07, 6.45) is 0. The molecule has 3 nitrogen and oxygen atoms in total. The van der Waals surface area contributed by atoms with Crippen LogP contribution in [0.3, 0.4) is 0 Å². The minimum absolute atomic E-state index is 0.0707. The predicted octanol–water partition coefficient (Wildman–Crippen LogP) is 2.95. The molecule has 0 aliphatic carbocycles. The fourth-order valence-electron chi connectivity index (χ4n) is 2.59.